The summed E-state index contributed by atoms with van der Waals surface area (Å²) in [6, 6.07) is 21.5. The summed E-state index contributed by atoms with van der Waals surface area (Å²) in [5.41, 5.74) is 1.30. The number of methoxy groups -OCH3 is 3. The van der Waals surface area contributed by atoms with Gasteiger partial charge in [-0.3, -0.25) is 13.9 Å². The fourth-order valence-electron chi connectivity index (χ4n) is 5.37. The number of hydrogen-bond acceptors (Lipinski definition) is 7. The predicted octanol–water partition coefficient (Wildman–Crippen LogP) is 7.42. The van der Waals surface area contributed by atoms with Crippen molar-refractivity contribution < 1.29 is 32.2 Å². The Kier molecular flexibility index (Phi) is 14.3. The first-order valence-corrected chi connectivity index (χ1v) is 18.6. The van der Waals surface area contributed by atoms with Crippen LogP contribution in [0.1, 0.15) is 30.9 Å². The summed E-state index contributed by atoms with van der Waals surface area (Å²) in [5.74, 6) is -0.488. The Labute approximate surface area is 314 Å². The number of sulfonamides is 1. The van der Waals surface area contributed by atoms with E-state index in [4.69, 9.17) is 49.0 Å². The van der Waals surface area contributed by atoms with E-state index in [0.717, 1.165) is 22.7 Å². The Bertz CT molecular complexity index is 1930. The lowest BCUT2D eigenvalue weighted by atomic mass is 10.0. The second-order valence-corrected chi connectivity index (χ2v) is 14.6. The van der Waals surface area contributed by atoms with Crippen LogP contribution in [0, 0.1) is 0 Å². The molecular weight excluding hydrogens is 737 g/mol. The van der Waals surface area contributed by atoms with Gasteiger partial charge in [-0.1, -0.05) is 84.5 Å². The molecule has 0 spiro atoms. The van der Waals surface area contributed by atoms with Crippen LogP contribution in [-0.2, 0) is 32.6 Å². The number of amides is 2. The van der Waals surface area contributed by atoms with Gasteiger partial charge in [0.2, 0.25) is 11.8 Å². The molecule has 0 aliphatic rings. The molecule has 1 atom stereocenters. The molecule has 0 aromatic heterocycles. The zero-order chi connectivity index (χ0) is 37.1. The minimum atomic E-state index is -4.53. The summed E-state index contributed by atoms with van der Waals surface area (Å²) >= 11 is 19.2. The molecule has 0 heterocycles. The number of nitrogens with zero attached hydrogens (tertiary/aromatic N) is 2. The second-order valence-electron chi connectivity index (χ2n) is 11.5. The largest absolute Gasteiger partial charge is 0.495 e. The number of anilines is 1. The predicted molar refractivity (Wildman–Crippen MR) is 201 cm³/mol. The number of carbonyl (C=O) groups is 2. The van der Waals surface area contributed by atoms with Crippen molar-refractivity contribution in [3.05, 3.63) is 111 Å². The van der Waals surface area contributed by atoms with Crippen LogP contribution in [-0.4, -0.2) is 65.6 Å². The number of nitrogens with one attached hydrogen (secondary N) is 1. The molecule has 0 radical (unpaired) electrons. The standard InChI is InChI=1S/C37H40Cl3N3O7S/c1-5-6-18-41-37(45)32(19-25-10-8-7-9-11-25)42(23-26-12-13-27(38)20-30(26)40)36(44)24-43(31-21-28(39)14-16-33(31)48-2)51(46,47)29-15-17-34(49-3)35(22-29)50-4/h7-17,20-22,32H,5-6,18-19,23-24H2,1-4H3,(H,41,45)/t32-/m1/s1. The maximum absolute atomic E-state index is 14.8. The van der Waals surface area contributed by atoms with Gasteiger partial charge in [0.1, 0.15) is 18.3 Å². The minimum Gasteiger partial charge on any atom is -0.495 e. The molecule has 10 nitrogen and oxygen atoms in total. The lowest BCUT2D eigenvalue weighted by Crippen LogP contribution is -2.53. The molecule has 0 saturated carbocycles. The van der Waals surface area contributed by atoms with Crippen LogP contribution >= 0.6 is 34.8 Å². The van der Waals surface area contributed by atoms with Crippen molar-refractivity contribution in [1.82, 2.24) is 10.2 Å². The molecule has 0 fully saturated rings. The third kappa shape index (κ3) is 10.0. The lowest BCUT2D eigenvalue weighted by Gasteiger charge is -2.34. The molecule has 0 aliphatic heterocycles. The van der Waals surface area contributed by atoms with Gasteiger partial charge in [-0.2, -0.15) is 0 Å². The molecule has 4 aromatic rings. The second kappa shape index (κ2) is 18.4. The first-order valence-electron chi connectivity index (χ1n) is 16.1. The number of rotatable bonds is 17. The van der Waals surface area contributed by atoms with E-state index < -0.39 is 34.4 Å². The smallest absolute Gasteiger partial charge is 0.265 e. The summed E-state index contributed by atoms with van der Waals surface area (Å²) in [7, 11) is -0.342. The van der Waals surface area contributed by atoms with Crippen LogP contribution < -0.4 is 23.8 Å². The fraction of sp³-hybridized carbons (Fsp3) is 0.297. The molecule has 0 aliphatic carbocycles. The van der Waals surface area contributed by atoms with Crippen LogP contribution in [0.4, 0.5) is 5.69 Å². The fourth-order valence-corrected chi connectivity index (χ4v) is 7.44. The molecule has 4 aromatic carbocycles. The minimum absolute atomic E-state index is 0.00427. The maximum atomic E-state index is 14.8. The molecule has 4 rings (SSSR count). The molecule has 1 N–H and O–H groups in total. The van der Waals surface area contributed by atoms with Gasteiger partial charge in [0.15, 0.2) is 11.5 Å². The molecule has 0 saturated heterocycles. The highest BCUT2D eigenvalue weighted by Gasteiger charge is 2.36. The van der Waals surface area contributed by atoms with Crippen LogP contribution in [0.3, 0.4) is 0 Å². The summed E-state index contributed by atoms with van der Waals surface area (Å²) in [6.45, 7) is 1.52. The molecule has 2 amide bonds. The van der Waals surface area contributed by atoms with Crippen molar-refractivity contribution in [2.24, 2.45) is 0 Å². The third-order valence-electron chi connectivity index (χ3n) is 8.09. The normalized spacial score (nSPS) is 11.7. The highest BCUT2D eigenvalue weighted by molar-refractivity contribution is 7.92. The van der Waals surface area contributed by atoms with Gasteiger partial charge >= 0.3 is 0 Å². The lowest BCUT2D eigenvalue weighted by molar-refractivity contribution is -0.140. The van der Waals surface area contributed by atoms with E-state index in [1.807, 2.05) is 37.3 Å². The molecule has 51 heavy (non-hydrogen) atoms. The average Bonchev–Trinajstić information content (AvgIpc) is 3.12. The monoisotopic (exact) mass is 775 g/mol. The van der Waals surface area contributed by atoms with E-state index in [-0.39, 0.29) is 45.1 Å². The quantitative estimate of drug-likeness (QED) is 0.111. The van der Waals surface area contributed by atoms with Gasteiger partial charge in [-0.15, -0.1) is 0 Å². The number of carbonyl (C=O) groups excluding carboxylic acids is 2. The Morgan fingerprint density at radius 2 is 1.45 bits per heavy atom. The van der Waals surface area contributed by atoms with E-state index >= 15 is 0 Å². The summed E-state index contributed by atoms with van der Waals surface area (Å²) in [4.78, 5) is 30.0. The van der Waals surface area contributed by atoms with Gasteiger partial charge in [0, 0.05) is 40.6 Å². The van der Waals surface area contributed by atoms with E-state index in [9.17, 15) is 18.0 Å². The van der Waals surface area contributed by atoms with Crippen molar-refractivity contribution in [1.29, 1.82) is 0 Å². The van der Waals surface area contributed by atoms with Crippen molar-refractivity contribution in [2.45, 2.75) is 43.7 Å². The Morgan fingerprint density at radius 1 is 0.804 bits per heavy atom. The zero-order valence-electron chi connectivity index (χ0n) is 28.7. The Hall–Kier alpha value is -4.16. The van der Waals surface area contributed by atoms with Crippen LogP contribution in [0.2, 0.25) is 15.1 Å². The number of unbranched alkanes of at least 4 members (excludes halogenated alkanes) is 1. The van der Waals surface area contributed by atoms with Crippen molar-refractivity contribution in [3.8, 4) is 17.2 Å². The summed E-state index contributed by atoms with van der Waals surface area (Å²) < 4.78 is 46.4. The SMILES string of the molecule is CCCCNC(=O)[C@@H](Cc1ccccc1)N(Cc1ccc(Cl)cc1Cl)C(=O)CN(c1cc(Cl)ccc1OC)S(=O)(=O)c1ccc(OC)c(OC)c1. The summed E-state index contributed by atoms with van der Waals surface area (Å²) in [6.07, 6.45) is 1.71. The Balaban J connectivity index is 1.89. The molecule has 14 heteroatoms. The first kappa shape index (κ1) is 39.6. The highest BCUT2D eigenvalue weighted by atomic mass is 35.5. The van der Waals surface area contributed by atoms with E-state index in [2.05, 4.69) is 5.32 Å². The van der Waals surface area contributed by atoms with Gasteiger partial charge in [0.05, 0.1) is 31.9 Å². The number of halogens is 3. The van der Waals surface area contributed by atoms with E-state index in [0.29, 0.717) is 22.9 Å². The van der Waals surface area contributed by atoms with Crippen LogP contribution in [0.15, 0.2) is 89.8 Å². The average molecular weight is 777 g/mol. The highest BCUT2D eigenvalue weighted by Crippen LogP contribution is 2.37. The van der Waals surface area contributed by atoms with Crippen molar-refractivity contribution in [2.75, 3.05) is 38.7 Å². The number of benzene rings is 4. The Morgan fingerprint density at radius 3 is 2.10 bits per heavy atom. The van der Waals surface area contributed by atoms with Crippen molar-refractivity contribution >= 4 is 62.3 Å². The number of ether oxygens (including phenoxy) is 3. The summed E-state index contributed by atoms with van der Waals surface area (Å²) in [5, 5.41) is 3.82. The van der Waals surface area contributed by atoms with Crippen LogP contribution in [0.25, 0.3) is 0 Å². The van der Waals surface area contributed by atoms with Crippen molar-refractivity contribution in [3.63, 3.8) is 0 Å². The first-order chi connectivity index (χ1) is 24.4. The number of hydrogen-bond donors (Lipinski definition) is 1. The van der Waals surface area contributed by atoms with E-state index in [1.165, 1.54) is 62.6 Å². The van der Waals surface area contributed by atoms with E-state index in [1.54, 1.807) is 18.2 Å². The molecule has 272 valence electrons. The molecule has 0 unspecified atom stereocenters. The topological polar surface area (TPSA) is 114 Å². The third-order valence-corrected chi connectivity index (χ3v) is 10.7. The van der Waals surface area contributed by atoms with Gasteiger partial charge in [-0.25, -0.2) is 8.42 Å². The van der Waals surface area contributed by atoms with Gasteiger partial charge in [-0.05, 0) is 60.0 Å². The zero-order valence-corrected chi connectivity index (χ0v) is 31.8. The molecular formula is C37H40Cl3N3O7S. The molecule has 0 bridgehead atoms. The maximum Gasteiger partial charge on any atom is 0.265 e. The van der Waals surface area contributed by atoms with Gasteiger partial charge in [0.25, 0.3) is 10.0 Å². The van der Waals surface area contributed by atoms with Crippen LogP contribution in [0.5, 0.6) is 17.2 Å². The van der Waals surface area contributed by atoms with Gasteiger partial charge < -0.3 is 24.4 Å².